The van der Waals surface area contributed by atoms with E-state index in [0.717, 1.165) is 16.7 Å². The number of carbonyl (C=O) groups excluding carboxylic acids is 2. The topological polar surface area (TPSA) is 181 Å². The molecule has 0 spiro atoms. The summed E-state index contributed by atoms with van der Waals surface area (Å²) >= 11 is 0. The maximum absolute atomic E-state index is 14.8. The highest BCUT2D eigenvalue weighted by Gasteiger charge is 2.50. The van der Waals surface area contributed by atoms with Gasteiger partial charge in [0.25, 0.3) is 5.69 Å². The van der Waals surface area contributed by atoms with Crippen molar-refractivity contribution >= 4 is 23.5 Å². The maximum atomic E-state index is 14.8. The number of nitrogens with zero attached hydrogens (tertiary/aromatic N) is 3. The Morgan fingerprint density at radius 3 is 1.85 bits per heavy atom. The summed E-state index contributed by atoms with van der Waals surface area (Å²) < 4.78 is 17.4. The van der Waals surface area contributed by atoms with Gasteiger partial charge in [-0.05, 0) is 62.1 Å². The highest BCUT2D eigenvalue weighted by atomic mass is 16.6. The Labute approximate surface area is 397 Å². The van der Waals surface area contributed by atoms with E-state index >= 15 is 0 Å². The third-order valence-electron chi connectivity index (χ3n) is 12.1. The van der Waals surface area contributed by atoms with Crippen LogP contribution in [0.3, 0.4) is 0 Å². The number of carboxylic acids is 1. The van der Waals surface area contributed by atoms with Crippen LogP contribution < -0.4 is 14.8 Å². The zero-order valence-corrected chi connectivity index (χ0v) is 39.5. The molecule has 5 aromatic carbocycles. The first kappa shape index (κ1) is 50.1. The maximum Gasteiger partial charge on any atom is 0.336 e. The van der Waals surface area contributed by atoms with E-state index in [0.29, 0.717) is 11.5 Å². The fourth-order valence-corrected chi connectivity index (χ4v) is 9.26. The molecule has 1 aliphatic rings. The second kappa shape index (κ2) is 22.0. The molecular formula is C54H60N4O10. The van der Waals surface area contributed by atoms with Crippen LogP contribution in [-0.4, -0.2) is 94.4 Å². The van der Waals surface area contributed by atoms with Crippen molar-refractivity contribution in [1.29, 1.82) is 0 Å². The van der Waals surface area contributed by atoms with Crippen LogP contribution >= 0.6 is 0 Å². The third-order valence-corrected chi connectivity index (χ3v) is 12.1. The molecule has 1 heterocycles. The number of ether oxygens (including phenoxy) is 3. The number of carboxylic acid groups (broad SMARTS) is 1. The van der Waals surface area contributed by atoms with Crippen molar-refractivity contribution in [3.8, 4) is 11.5 Å². The third kappa shape index (κ3) is 10.8. The number of hydrogen-bond donors (Lipinski definition) is 3. The second-order valence-corrected chi connectivity index (χ2v) is 17.6. The van der Waals surface area contributed by atoms with E-state index in [2.05, 4.69) is 10.2 Å². The molecule has 0 bridgehead atoms. The molecule has 0 saturated heterocycles. The summed E-state index contributed by atoms with van der Waals surface area (Å²) in [4.78, 5) is 57.4. The number of aliphatic hydroxyl groups is 1. The van der Waals surface area contributed by atoms with Crippen LogP contribution in [0.25, 0.3) is 0 Å². The lowest BCUT2D eigenvalue weighted by atomic mass is 9.73. The molecule has 0 radical (unpaired) electrons. The zero-order chi connectivity index (χ0) is 49.2. The molecule has 14 nitrogen and oxygen atoms in total. The predicted molar refractivity (Wildman–Crippen MR) is 259 cm³/mol. The number of nitro groups is 1. The van der Waals surface area contributed by atoms with Gasteiger partial charge in [0.2, 0.25) is 5.91 Å². The number of non-ortho nitro benzene ring substituents is 1. The summed E-state index contributed by atoms with van der Waals surface area (Å²) in [6, 6.07) is 42.6. The average Bonchev–Trinajstić information content (AvgIpc) is 3.33. The Kier molecular flexibility index (Phi) is 16.2. The molecule has 68 heavy (non-hydrogen) atoms. The smallest absolute Gasteiger partial charge is 0.336 e. The molecule has 2 atom stereocenters. The molecule has 1 aliphatic heterocycles. The molecule has 5 aromatic rings. The quantitative estimate of drug-likeness (QED) is 0.0277. The van der Waals surface area contributed by atoms with Gasteiger partial charge in [-0.1, -0.05) is 129 Å². The number of nitro benzene ring substituents is 1. The first-order chi connectivity index (χ1) is 32.5. The van der Waals surface area contributed by atoms with E-state index in [9.17, 15) is 34.7 Å². The first-order valence-electron chi connectivity index (χ1n) is 22.6. The Morgan fingerprint density at radius 1 is 0.809 bits per heavy atom. The molecular weight excluding hydrogens is 865 g/mol. The number of methoxy groups -OCH3 is 1. The Morgan fingerprint density at radius 2 is 1.35 bits per heavy atom. The number of aliphatic hydroxyl groups excluding tert-OH is 1. The summed E-state index contributed by atoms with van der Waals surface area (Å²) in [6.45, 7) is 10.4. The van der Waals surface area contributed by atoms with Gasteiger partial charge in [0.15, 0.2) is 11.5 Å². The predicted octanol–water partition coefficient (Wildman–Crippen LogP) is 8.46. The number of dihydropyridines is 1. The minimum Gasteiger partial charge on any atom is -0.493 e. The molecule has 6 rings (SSSR count). The normalized spacial score (nSPS) is 14.6. The fraction of sp³-hybridized carbons (Fsp3) is 0.315. The monoisotopic (exact) mass is 924 g/mol. The summed E-state index contributed by atoms with van der Waals surface area (Å²) in [5, 5.41) is 38.1. The van der Waals surface area contributed by atoms with E-state index in [1.807, 2.05) is 117 Å². The van der Waals surface area contributed by atoms with Gasteiger partial charge in [-0.3, -0.25) is 19.8 Å². The summed E-state index contributed by atoms with van der Waals surface area (Å²) in [5.41, 5.74) is 0.452. The first-order valence-corrected chi connectivity index (χ1v) is 22.6. The van der Waals surface area contributed by atoms with E-state index < -0.39 is 45.9 Å². The van der Waals surface area contributed by atoms with E-state index in [1.165, 1.54) is 24.3 Å². The highest BCUT2D eigenvalue weighted by molar-refractivity contribution is 5.99. The van der Waals surface area contributed by atoms with E-state index in [-0.39, 0.29) is 72.5 Å². The molecule has 0 fully saturated rings. The van der Waals surface area contributed by atoms with Gasteiger partial charge in [-0.25, -0.2) is 9.59 Å². The van der Waals surface area contributed by atoms with Crippen LogP contribution in [0.1, 0.15) is 69.7 Å². The van der Waals surface area contributed by atoms with E-state index in [1.54, 1.807) is 51.8 Å². The minimum absolute atomic E-state index is 0.00958. The summed E-state index contributed by atoms with van der Waals surface area (Å²) in [7, 11) is 1.55. The standard InChI is InChI=1S/C54H60N4O10/c1-8-67-52(63)49-44(55-37(4)47(51(61)62)48(49)38-21-20-28-42(31-38)58(64)65)33-56(50(60)36(2)3)35-53(5,6)57(32-43(59)34-68-46-30-19-18-29-45(46)66-7)54(39-22-12-9-13-23-39,40-24-14-10-15-25-40)41-26-16-11-17-27-41/h9-31,36,43,48,55,59H,8,32-35H2,1-7H3,(H,61,62). The van der Waals surface area contributed by atoms with Crippen molar-refractivity contribution in [3.63, 3.8) is 0 Å². The van der Waals surface area contributed by atoms with Crippen LogP contribution in [0.4, 0.5) is 5.69 Å². The number of β-amino-alcohol motifs (C(OH)–C–C–N with tert-alkyl or cyclic N) is 1. The van der Waals surface area contributed by atoms with Crippen molar-refractivity contribution in [2.75, 3.05) is 40.0 Å². The molecule has 1 amide bonds. The highest BCUT2D eigenvalue weighted by Crippen LogP contribution is 2.47. The number of carbonyl (C=O) groups is 3. The minimum atomic E-state index is -1.34. The molecule has 356 valence electrons. The Bertz CT molecular complexity index is 2540. The number of hydrogen-bond acceptors (Lipinski definition) is 11. The molecule has 2 unspecified atom stereocenters. The van der Waals surface area contributed by atoms with Gasteiger partial charge in [0, 0.05) is 48.1 Å². The van der Waals surface area contributed by atoms with E-state index in [4.69, 9.17) is 14.2 Å². The molecule has 0 aromatic heterocycles. The van der Waals surface area contributed by atoms with Crippen molar-refractivity contribution in [3.05, 3.63) is 194 Å². The van der Waals surface area contributed by atoms with Gasteiger partial charge in [-0.15, -0.1) is 0 Å². The fourth-order valence-electron chi connectivity index (χ4n) is 9.26. The Balaban J connectivity index is 1.56. The molecule has 14 heteroatoms. The molecule has 0 aliphatic carbocycles. The second-order valence-electron chi connectivity index (χ2n) is 17.6. The number of esters is 1. The van der Waals surface area contributed by atoms with Crippen LogP contribution in [0.5, 0.6) is 11.5 Å². The lowest BCUT2D eigenvalue weighted by molar-refractivity contribution is -0.384. The van der Waals surface area contributed by atoms with Gasteiger partial charge >= 0.3 is 11.9 Å². The summed E-state index contributed by atoms with van der Waals surface area (Å²) in [5.74, 6) is -3.35. The van der Waals surface area contributed by atoms with Crippen LogP contribution in [0.15, 0.2) is 162 Å². The van der Waals surface area contributed by atoms with Crippen molar-refractivity contribution in [2.45, 2.75) is 64.6 Å². The largest absolute Gasteiger partial charge is 0.493 e. The van der Waals surface area contributed by atoms with Gasteiger partial charge in [0.1, 0.15) is 12.7 Å². The number of amides is 1. The average molecular weight is 925 g/mol. The number of rotatable bonds is 21. The number of benzene rings is 5. The van der Waals surface area contributed by atoms with Crippen molar-refractivity contribution in [1.82, 2.24) is 15.1 Å². The number of aliphatic carboxylic acids is 1. The number of allylic oxidation sites excluding steroid dienone is 1. The van der Waals surface area contributed by atoms with Gasteiger partial charge < -0.3 is 34.6 Å². The van der Waals surface area contributed by atoms with Gasteiger partial charge in [-0.2, -0.15) is 0 Å². The number of para-hydroxylation sites is 2. The Hall–Kier alpha value is -7.29. The van der Waals surface area contributed by atoms with Crippen LogP contribution in [0, 0.1) is 16.0 Å². The van der Waals surface area contributed by atoms with Crippen molar-refractivity contribution in [2.24, 2.45) is 5.92 Å². The number of nitrogens with one attached hydrogen (secondary N) is 1. The van der Waals surface area contributed by atoms with Crippen LogP contribution in [-0.2, 0) is 24.7 Å². The van der Waals surface area contributed by atoms with Gasteiger partial charge in [0.05, 0.1) is 47.8 Å². The summed E-state index contributed by atoms with van der Waals surface area (Å²) in [6.07, 6.45) is -1.11. The van der Waals surface area contributed by atoms with Crippen LogP contribution in [0.2, 0.25) is 0 Å². The zero-order valence-electron chi connectivity index (χ0n) is 39.5. The molecule has 0 saturated carbocycles. The lowest BCUT2D eigenvalue weighted by Gasteiger charge is -2.54. The SMILES string of the molecule is CCOC(=O)C1=C(CN(CC(C)(C)N(CC(O)COc2ccccc2OC)C(c2ccccc2)(c2ccccc2)c2ccccc2)C(=O)C(C)C)NC(C)=C(C(=O)O)C1c1cccc([N+](=O)[O-])c1. The van der Waals surface area contributed by atoms with Crippen molar-refractivity contribution < 1.29 is 43.7 Å². The molecule has 3 N–H and O–H groups in total. The lowest BCUT2D eigenvalue weighted by Crippen LogP contribution is -2.64.